The molecule has 0 unspecified atom stereocenters. The number of hydrogen-bond acceptors (Lipinski definition) is 4. The van der Waals surface area contributed by atoms with Gasteiger partial charge in [0.25, 0.3) is 0 Å². The van der Waals surface area contributed by atoms with Gasteiger partial charge in [0, 0.05) is 6.92 Å². The molecule has 0 saturated carbocycles. The Balaban J connectivity index is 2.67. The third-order valence-corrected chi connectivity index (χ3v) is 0.751. The van der Waals surface area contributed by atoms with Crippen LogP contribution in [-0.2, 0) is 4.79 Å². The smallest absolute Gasteiger partial charge is 0.313 e. The first-order valence-corrected chi connectivity index (χ1v) is 2.52. The van der Waals surface area contributed by atoms with E-state index in [2.05, 4.69) is 15.1 Å². The highest BCUT2D eigenvalue weighted by atomic mass is 16.8. The summed E-state index contributed by atoms with van der Waals surface area (Å²) in [7, 11) is 0. The normalized spacial score (nSPS) is 9.30. The van der Waals surface area contributed by atoms with Gasteiger partial charge < -0.3 is 5.21 Å². The van der Waals surface area contributed by atoms with E-state index in [1.165, 1.54) is 6.92 Å². The molecule has 10 heavy (non-hydrogen) atoms. The number of nitrogens with zero attached hydrogens (tertiary/aromatic N) is 2. The zero-order chi connectivity index (χ0) is 7.56. The van der Waals surface area contributed by atoms with Gasteiger partial charge in [-0.25, -0.2) is 0 Å². The van der Waals surface area contributed by atoms with Crippen molar-refractivity contribution in [1.82, 2.24) is 5.16 Å². The summed E-state index contributed by atoms with van der Waals surface area (Å²) >= 11 is 0. The van der Waals surface area contributed by atoms with E-state index in [1.54, 1.807) is 0 Å². The van der Waals surface area contributed by atoms with E-state index < -0.39 is 0 Å². The lowest BCUT2D eigenvalue weighted by atomic mass is 10.6. The van der Waals surface area contributed by atoms with Gasteiger partial charge in [-0.05, 0) is 4.90 Å². The summed E-state index contributed by atoms with van der Waals surface area (Å²) in [5.74, 6) is -0.184. The fourth-order valence-corrected chi connectivity index (χ4v) is 0.467. The van der Waals surface area contributed by atoms with E-state index in [-0.39, 0.29) is 16.6 Å². The third kappa shape index (κ3) is 1.44. The van der Waals surface area contributed by atoms with E-state index in [1.807, 2.05) is 0 Å². The molecule has 0 atom stereocenters. The van der Waals surface area contributed by atoms with E-state index in [9.17, 15) is 10.0 Å². The van der Waals surface area contributed by atoms with E-state index in [0.717, 1.165) is 6.20 Å². The van der Waals surface area contributed by atoms with Crippen molar-refractivity contribution in [1.29, 1.82) is 0 Å². The highest BCUT2D eigenvalue weighted by molar-refractivity contribution is 5.87. The van der Waals surface area contributed by atoms with Gasteiger partial charge in [0.05, 0.1) is 5.16 Å². The van der Waals surface area contributed by atoms with Crippen molar-refractivity contribution < 1.29 is 14.3 Å². The van der Waals surface area contributed by atoms with Gasteiger partial charge in [0.2, 0.25) is 12.1 Å². The number of aromatic nitrogens is 2. The highest BCUT2D eigenvalue weighted by Gasteiger charge is 2.05. The molecular weight excluding hydrogens is 138 g/mol. The molecule has 6 nitrogen and oxygen atoms in total. The molecule has 1 aromatic rings. The van der Waals surface area contributed by atoms with Crippen LogP contribution in [0.15, 0.2) is 10.8 Å². The predicted molar refractivity (Wildman–Crippen MR) is 29.8 cm³/mol. The number of amides is 1. The number of hydrogen-bond donors (Lipinski definition) is 1. The topological polar surface area (TPSA) is 82.1 Å². The van der Waals surface area contributed by atoms with Gasteiger partial charge in [-0.3, -0.25) is 14.7 Å². The quantitative estimate of drug-likeness (QED) is 0.525. The predicted octanol–water partition coefficient (Wildman–Crippen LogP) is -0.734. The van der Waals surface area contributed by atoms with E-state index in [0.29, 0.717) is 0 Å². The zero-order valence-electron chi connectivity index (χ0n) is 5.20. The lowest BCUT2D eigenvalue weighted by Gasteiger charge is -1.85. The lowest BCUT2D eigenvalue weighted by molar-refractivity contribution is -0.802. The summed E-state index contributed by atoms with van der Waals surface area (Å²) in [4.78, 5) is 10.5. The molecule has 1 rings (SSSR count). The maximum Gasteiger partial charge on any atom is 0.313 e. The van der Waals surface area contributed by atoms with Crippen LogP contribution in [0.25, 0.3) is 0 Å². The van der Waals surface area contributed by atoms with Crippen molar-refractivity contribution in [3.63, 3.8) is 0 Å². The molecule has 1 aromatic heterocycles. The summed E-state index contributed by atoms with van der Waals surface area (Å²) in [6, 6.07) is 0. The molecule has 0 aliphatic rings. The number of rotatable bonds is 1. The summed E-state index contributed by atoms with van der Waals surface area (Å²) < 4.78 is 4.06. The largest absolute Gasteiger partial charge is 0.359 e. The average molecular weight is 143 g/mol. The minimum absolute atomic E-state index is 0.113. The van der Waals surface area contributed by atoms with Crippen LogP contribution in [0.1, 0.15) is 6.92 Å². The Labute approximate surface area is 56.0 Å². The fraction of sp³-hybridized carbons (Fsp3) is 0.250. The van der Waals surface area contributed by atoms with Crippen molar-refractivity contribution in [2.75, 3.05) is 5.32 Å². The Morgan fingerprint density at radius 2 is 2.70 bits per heavy atom. The Morgan fingerprint density at radius 1 is 2.00 bits per heavy atom. The maximum atomic E-state index is 10.3. The molecule has 6 heteroatoms. The molecule has 1 heterocycles. The van der Waals surface area contributed by atoms with Crippen molar-refractivity contribution in [3.05, 3.63) is 11.4 Å². The van der Waals surface area contributed by atoms with Gasteiger partial charge in [0.15, 0.2) is 0 Å². The van der Waals surface area contributed by atoms with Crippen molar-refractivity contribution >= 4 is 11.7 Å². The van der Waals surface area contributed by atoms with Crippen molar-refractivity contribution in [3.8, 4) is 0 Å². The average Bonchev–Trinajstić information content (AvgIpc) is 2.13. The monoisotopic (exact) mass is 143 g/mol. The van der Waals surface area contributed by atoms with Gasteiger partial charge in [-0.1, -0.05) is 0 Å². The SMILES string of the molecule is CC(=O)Nc1c[n+]([O-])on1. The summed E-state index contributed by atoms with van der Waals surface area (Å²) in [6.07, 6.45) is 1.02. The van der Waals surface area contributed by atoms with Crippen LogP contribution in [0.4, 0.5) is 5.82 Å². The van der Waals surface area contributed by atoms with E-state index >= 15 is 0 Å². The fourth-order valence-electron chi connectivity index (χ4n) is 0.467. The summed E-state index contributed by atoms with van der Waals surface area (Å²) in [6.45, 7) is 1.31. The van der Waals surface area contributed by atoms with Crippen LogP contribution in [0, 0.1) is 5.21 Å². The lowest BCUT2D eigenvalue weighted by Crippen LogP contribution is -2.20. The molecule has 54 valence electrons. The molecule has 0 aliphatic carbocycles. The Hall–Kier alpha value is -1.59. The Bertz CT molecular complexity index is 244. The molecule has 0 aromatic carbocycles. The first kappa shape index (κ1) is 6.53. The van der Waals surface area contributed by atoms with Crippen LogP contribution in [0.5, 0.6) is 0 Å². The first-order valence-electron chi connectivity index (χ1n) is 2.52. The van der Waals surface area contributed by atoms with Gasteiger partial charge in [0.1, 0.15) is 0 Å². The summed E-state index contributed by atoms with van der Waals surface area (Å²) in [5.41, 5.74) is 0. The standard InChI is InChI=1S/C4H5N3O3/c1-3(8)5-4-2-7(9)10-6-4/h2H,1H3,(H,5,6,8). The molecule has 1 N–H and O–H groups in total. The van der Waals surface area contributed by atoms with Gasteiger partial charge in [-0.15, -0.1) is 0 Å². The van der Waals surface area contributed by atoms with Crippen LogP contribution in [0.3, 0.4) is 0 Å². The number of nitrogens with one attached hydrogen (secondary N) is 1. The molecule has 0 saturated heterocycles. The van der Waals surface area contributed by atoms with Crippen molar-refractivity contribution in [2.24, 2.45) is 0 Å². The van der Waals surface area contributed by atoms with E-state index in [4.69, 9.17) is 0 Å². The third-order valence-electron chi connectivity index (χ3n) is 0.751. The number of carbonyl (C=O) groups is 1. The molecule has 1 amide bonds. The maximum absolute atomic E-state index is 10.3. The van der Waals surface area contributed by atoms with Crippen LogP contribution >= 0.6 is 0 Å². The van der Waals surface area contributed by atoms with Crippen molar-refractivity contribution in [2.45, 2.75) is 6.92 Å². The molecule has 0 aliphatic heterocycles. The van der Waals surface area contributed by atoms with Crippen LogP contribution in [-0.4, -0.2) is 11.1 Å². The summed E-state index contributed by atoms with van der Waals surface area (Å²) in [5, 5.41) is 15.7. The second kappa shape index (κ2) is 2.34. The first-order chi connectivity index (χ1) is 4.68. The second-order valence-electron chi connectivity index (χ2n) is 1.65. The number of carbonyl (C=O) groups excluding carboxylic acids is 1. The number of anilines is 1. The van der Waals surface area contributed by atoms with Gasteiger partial charge >= 0.3 is 5.82 Å². The Kier molecular flexibility index (Phi) is 1.53. The molecule has 0 spiro atoms. The van der Waals surface area contributed by atoms with Gasteiger partial charge in [-0.2, -0.15) is 0 Å². The minimum atomic E-state index is -0.297. The zero-order valence-corrected chi connectivity index (χ0v) is 5.20. The van der Waals surface area contributed by atoms with Crippen LogP contribution in [0.2, 0.25) is 0 Å². The highest BCUT2D eigenvalue weighted by Crippen LogP contribution is 1.94. The molecule has 0 radical (unpaired) electrons. The molecule has 0 fully saturated rings. The second-order valence-corrected chi connectivity index (χ2v) is 1.65. The van der Waals surface area contributed by atoms with Crippen LogP contribution < -0.4 is 10.2 Å². The molecular formula is C4H5N3O3. The Morgan fingerprint density at radius 3 is 3.10 bits per heavy atom. The minimum Gasteiger partial charge on any atom is -0.359 e. The molecule has 0 bridgehead atoms.